The Morgan fingerprint density at radius 1 is 1.16 bits per heavy atom. The van der Waals surface area contributed by atoms with Crippen molar-refractivity contribution in [2.24, 2.45) is 0 Å². The minimum Gasteiger partial charge on any atom is -0.339 e. The Morgan fingerprint density at radius 2 is 1.87 bits per heavy atom. The highest BCUT2D eigenvalue weighted by atomic mass is 35.5. The fraction of sp³-hybridized carbons (Fsp3) is 0.286. The molecule has 31 heavy (non-hydrogen) atoms. The number of halogens is 1. The number of amides is 1. The number of carbonyl (C=O) groups is 1. The van der Waals surface area contributed by atoms with Crippen LogP contribution in [0.5, 0.6) is 0 Å². The molecule has 3 aromatic rings. The van der Waals surface area contributed by atoms with Gasteiger partial charge in [0.2, 0.25) is 27.6 Å². The summed E-state index contributed by atoms with van der Waals surface area (Å²) in [5, 5.41) is 7.28. The molecule has 1 amide bonds. The Morgan fingerprint density at radius 3 is 2.55 bits per heavy atom. The Hall–Kier alpha value is -2.75. The van der Waals surface area contributed by atoms with Crippen LogP contribution in [0.4, 0.5) is 5.69 Å². The lowest BCUT2D eigenvalue weighted by Crippen LogP contribution is -2.39. The molecular formula is C21H21ClN4O4S. The van der Waals surface area contributed by atoms with E-state index in [-0.39, 0.29) is 23.3 Å². The van der Waals surface area contributed by atoms with Crippen LogP contribution in [-0.2, 0) is 14.8 Å². The SMILES string of the molecule is CC(=O)Nc1ccc(S(=O)(=O)N2CCC[C@H](c3nc(-c4ccc(Cl)cc4)no3)C2)cc1. The zero-order valence-corrected chi connectivity index (χ0v) is 18.4. The Labute approximate surface area is 185 Å². The monoisotopic (exact) mass is 460 g/mol. The maximum absolute atomic E-state index is 13.1. The van der Waals surface area contributed by atoms with Crippen molar-refractivity contribution >= 4 is 33.2 Å². The number of anilines is 1. The van der Waals surface area contributed by atoms with Crippen molar-refractivity contribution in [3.05, 3.63) is 59.4 Å². The van der Waals surface area contributed by atoms with Crippen molar-refractivity contribution < 1.29 is 17.7 Å². The molecule has 2 aromatic carbocycles. The Bertz CT molecular complexity index is 1180. The first kappa shape index (κ1) is 21.5. The molecule has 8 nitrogen and oxygen atoms in total. The van der Waals surface area contributed by atoms with E-state index in [0.29, 0.717) is 35.4 Å². The van der Waals surface area contributed by atoms with Crippen molar-refractivity contribution in [1.82, 2.24) is 14.4 Å². The molecule has 0 saturated carbocycles. The number of sulfonamides is 1. The summed E-state index contributed by atoms with van der Waals surface area (Å²) in [6, 6.07) is 13.2. The van der Waals surface area contributed by atoms with Gasteiger partial charge in [0, 0.05) is 36.3 Å². The predicted molar refractivity (Wildman–Crippen MR) is 116 cm³/mol. The molecule has 0 bridgehead atoms. The van der Waals surface area contributed by atoms with Crippen LogP contribution < -0.4 is 5.32 Å². The second kappa shape index (κ2) is 8.78. The van der Waals surface area contributed by atoms with Crippen LogP contribution in [0.3, 0.4) is 0 Å². The topological polar surface area (TPSA) is 105 Å². The standard InChI is InChI=1S/C21H21ClN4O4S/c1-14(27)23-18-8-10-19(11-9-18)31(28,29)26-12-2-3-16(13-26)21-24-20(25-30-21)15-4-6-17(22)7-5-15/h4-11,16H,2-3,12-13H2,1H3,(H,23,27)/t16-/m0/s1. The van der Waals surface area contributed by atoms with E-state index in [1.54, 1.807) is 36.4 Å². The highest BCUT2D eigenvalue weighted by Crippen LogP contribution is 2.31. The van der Waals surface area contributed by atoms with E-state index < -0.39 is 10.0 Å². The molecule has 1 aromatic heterocycles. The third-order valence-corrected chi connectivity index (χ3v) is 7.22. The maximum Gasteiger partial charge on any atom is 0.243 e. The molecule has 0 spiro atoms. The van der Waals surface area contributed by atoms with Crippen LogP contribution in [0.1, 0.15) is 31.6 Å². The van der Waals surface area contributed by atoms with Crippen LogP contribution in [0, 0.1) is 0 Å². The quantitative estimate of drug-likeness (QED) is 0.618. The molecular weight excluding hydrogens is 440 g/mol. The van der Waals surface area contributed by atoms with E-state index >= 15 is 0 Å². The largest absolute Gasteiger partial charge is 0.339 e. The summed E-state index contributed by atoms with van der Waals surface area (Å²) in [7, 11) is -3.68. The van der Waals surface area contributed by atoms with Crippen molar-refractivity contribution in [3.63, 3.8) is 0 Å². The average Bonchev–Trinajstić information content (AvgIpc) is 3.25. The number of hydrogen-bond acceptors (Lipinski definition) is 6. The highest BCUT2D eigenvalue weighted by molar-refractivity contribution is 7.89. The van der Waals surface area contributed by atoms with Crippen LogP contribution in [0.25, 0.3) is 11.4 Å². The van der Waals surface area contributed by atoms with Gasteiger partial charge in [0.25, 0.3) is 0 Å². The van der Waals surface area contributed by atoms with Crippen LogP contribution in [-0.4, -0.2) is 41.9 Å². The molecule has 1 saturated heterocycles. The smallest absolute Gasteiger partial charge is 0.243 e. The molecule has 162 valence electrons. The lowest BCUT2D eigenvalue weighted by Gasteiger charge is -2.30. The molecule has 0 radical (unpaired) electrons. The second-order valence-electron chi connectivity index (χ2n) is 7.37. The van der Waals surface area contributed by atoms with E-state index in [4.69, 9.17) is 16.1 Å². The van der Waals surface area contributed by atoms with E-state index in [9.17, 15) is 13.2 Å². The van der Waals surface area contributed by atoms with Crippen molar-refractivity contribution in [3.8, 4) is 11.4 Å². The second-order valence-corrected chi connectivity index (χ2v) is 9.75. The molecule has 0 aliphatic carbocycles. The fourth-order valence-electron chi connectivity index (χ4n) is 3.54. The van der Waals surface area contributed by atoms with E-state index in [0.717, 1.165) is 12.0 Å². The van der Waals surface area contributed by atoms with Gasteiger partial charge in [-0.3, -0.25) is 4.79 Å². The number of nitrogens with one attached hydrogen (secondary N) is 1. The van der Waals surface area contributed by atoms with E-state index in [1.165, 1.54) is 23.4 Å². The van der Waals surface area contributed by atoms with Gasteiger partial charge in [-0.25, -0.2) is 8.42 Å². The van der Waals surface area contributed by atoms with E-state index in [2.05, 4.69) is 15.5 Å². The summed E-state index contributed by atoms with van der Waals surface area (Å²) in [6.07, 6.45) is 1.45. The zero-order valence-electron chi connectivity index (χ0n) is 16.8. The van der Waals surface area contributed by atoms with Crippen LogP contribution in [0.15, 0.2) is 57.9 Å². The molecule has 1 atom stereocenters. The third-order valence-electron chi connectivity index (χ3n) is 5.09. The van der Waals surface area contributed by atoms with Gasteiger partial charge in [-0.15, -0.1) is 0 Å². The van der Waals surface area contributed by atoms with Gasteiger partial charge < -0.3 is 9.84 Å². The molecule has 4 rings (SSSR count). The van der Waals surface area contributed by atoms with Crippen molar-refractivity contribution in [2.45, 2.75) is 30.6 Å². The lowest BCUT2D eigenvalue weighted by molar-refractivity contribution is -0.114. The van der Waals surface area contributed by atoms with Crippen molar-refractivity contribution in [1.29, 1.82) is 0 Å². The summed E-state index contributed by atoms with van der Waals surface area (Å²) in [5.74, 6) is 0.466. The summed E-state index contributed by atoms with van der Waals surface area (Å²) in [6.45, 7) is 2.08. The predicted octanol–water partition coefficient (Wildman–Crippen LogP) is 3.92. The number of benzene rings is 2. The first-order valence-electron chi connectivity index (χ1n) is 9.80. The van der Waals surface area contributed by atoms with Crippen molar-refractivity contribution in [2.75, 3.05) is 18.4 Å². The molecule has 2 heterocycles. The minimum absolute atomic E-state index is 0.176. The van der Waals surface area contributed by atoms with Crippen LogP contribution in [0.2, 0.25) is 5.02 Å². The van der Waals surface area contributed by atoms with E-state index in [1.807, 2.05) is 0 Å². The number of aromatic nitrogens is 2. The number of piperidine rings is 1. The molecule has 1 N–H and O–H groups in total. The molecule has 0 unspecified atom stereocenters. The Kier molecular flexibility index (Phi) is 6.08. The van der Waals surface area contributed by atoms with Gasteiger partial charge in [-0.05, 0) is 61.4 Å². The molecule has 10 heteroatoms. The first-order valence-corrected chi connectivity index (χ1v) is 11.6. The maximum atomic E-state index is 13.1. The van der Waals surface area contributed by atoms with Gasteiger partial charge in [-0.2, -0.15) is 9.29 Å². The Balaban J connectivity index is 1.50. The number of rotatable bonds is 5. The number of hydrogen-bond donors (Lipinski definition) is 1. The third kappa shape index (κ3) is 4.79. The lowest BCUT2D eigenvalue weighted by atomic mass is 10.00. The minimum atomic E-state index is -3.68. The summed E-state index contributed by atoms with van der Waals surface area (Å²) < 4.78 is 33.1. The molecule has 1 aliphatic rings. The summed E-state index contributed by atoms with van der Waals surface area (Å²) in [5.41, 5.74) is 1.32. The fourth-order valence-corrected chi connectivity index (χ4v) is 5.19. The van der Waals surface area contributed by atoms with Gasteiger partial charge in [-0.1, -0.05) is 16.8 Å². The van der Waals surface area contributed by atoms with Gasteiger partial charge >= 0.3 is 0 Å². The van der Waals surface area contributed by atoms with Gasteiger partial charge in [0.15, 0.2) is 0 Å². The van der Waals surface area contributed by atoms with Gasteiger partial charge in [0.1, 0.15) is 0 Å². The normalized spacial score (nSPS) is 17.4. The van der Waals surface area contributed by atoms with Crippen LogP contribution >= 0.6 is 11.6 Å². The molecule has 1 aliphatic heterocycles. The number of nitrogens with zero attached hydrogens (tertiary/aromatic N) is 3. The highest BCUT2D eigenvalue weighted by Gasteiger charge is 2.33. The first-order chi connectivity index (χ1) is 14.8. The number of carbonyl (C=O) groups excluding carboxylic acids is 1. The molecule has 1 fully saturated rings. The summed E-state index contributed by atoms with van der Waals surface area (Å²) >= 11 is 5.92. The summed E-state index contributed by atoms with van der Waals surface area (Å²) in [4.78, 5) is 15.8. The van der Waals surface area contributed by atoms with Gasteiger partial charge in [0.05, 0.1) is 10.8 Å². The average molecular weight is 461 g/mol. The zero-order chi connectivity index (χ0) is 22.0.